The molecule has 1 saturated heterocycles. The van der Waals surface area contributed by atoms with Crippen molar-refractivity contribution in [1.29, 1.82) is 0 Å². The maximum atomic E-state index is 11.1. The number of hydrogen-bond acceptors (Lipinski definition) is 8. The van der Waals surface area contributed by atoms with Gasteiger partial charge in [0.25, 0.3) is 0 Å². The lowest BCUT2D eigenvalue weighted by Crippen LogP contribution is -2.64. The minimum Gasteiger partial charge on any atom is -0.480 e. The zero-order chi connectivity index (χ0) is 16.2. The van der Waals surface area contributed by atoms with Gasteiger partial charge in [0.15, 0.2) is 6.29 Å². The lowest BCUT2D eigenvalue weighted by Gasteiger charge is -2.42. The molecule has 6 atom stereocenters. The molecule has 7 N–H and O–H groups in total. The topological polar surface area (TPSA) is 172 Å². The molecule has 1 aliphatic rings. The van der Waals surface area contributed by atoms with Gasteiger partial charge in [-0.1, -0.05) is 0 Å². The lowest BCUT2D eigenvalue weighted by molar-refractivity contribution is -0.270. The van der Waals surface area contributed by atoms with Gasteiger partial charge < -0.3 is 41.0 Å². The minimum atomic E-state index is -1.45. The molecule has 21 heavy (non-hydrogen) atoms. The number of aliphatic carboxylic acids is 1. The Kier molecular flexibility index (Phi) is 6.45. The molecule has 0 spiro atoms. The first kappa shape index (κ1) is 17.8. The number of carbonyl (C=O) groups is 2. The second-order valence-corrected chi connectivity index (χ2v) is 4.71. The fourth-order valence-electron chi connectivity index (χ4n) is 1.88. The first-order valence-corrected chi connectivity index (χ1v) is 6.27. The van der Waals surface area contributed by atoms with Crippen LogP contribution < -0.4 is 11.1 Å². The molecule has 0 aromatic heterocycles. The summed E-state index contributed by atoms with van der Waals surface area (Å²) in [4.78, 5) is 21.7. The highest BCUT2D eigenvalue weighted by Gasteiger charge is 2.45. The van der Waals surface area contributed by atoms with Crippen LogP contribution in [0.1, 0.15) is 6.92 Å². The highest BCUT2D eigenvalue weighted by atomic mass is 16.7. The van der Waals surface area contributed by atoms with E-state index in [0.717, 1.165) is 0 Å². The van der Waals surface area contributed by atoms with Crippen LogP contribution >= 0.6 is 0 Å². The lowest BCUT2D eigenvalue weighted by atomic mass is 9.97. The van der Waals surface area contributed by atoms with E-state index >= 15 is 0 Å². The van der Waals surface area contributed by atoms with Gasteiger partial charge in [-0.2, -0.15) is 0 Å². The summed E-state index contributed by atoms with van der Waals surface area (Å²) >= 11 is 0. The molecule has 1 fully saturated rings. The molecule has 0 aromatic carbocycles. The zero-order valence-electron chi connectivity index (χ0n) is 11.4. The Morgan fingerprint density at radius 1 is 1.38 bits per heavy atom. The Bertz CT molecular complexity index is 379. The van der Waals surface area contributed by atoms with Crippen LogP contribution in [0.3, 0.4) is 0 Å². The number of aliphatic hydroxyl groups excluding tert-OH is 3. The Balaban J connectivity index is 2.78. The molecule has 10 heteroatoms. The van der Waals surface area contributed by atoms with Gasteiger partial charge in [-0.3, -0.25) is 9.59 Å². The SMILES string of the molecule is CC(=O)NC1C(O)[C@H](O)C(CO)O[C@H]1OCC(N)C(=O)O. The van der Waals surface area contributed by atoms with E-state index in [1.54, 1.807) is 0 Å². The fourth-order valence-corrected chi connectivity index (χ4v) is 1.88. The van der Waals surface area contributed by atoms with Crippen molar-refractivity contribution in [3.63, 3.8) is 0 Å². The van der Waals surface area contributed by atoms with Crippen LogP contribution in [-0.4, -0.2) is 82.2 Å². The fraction of sp³-hybridized carbons (Fsp3) is 0.818. The average Bonchev–Trinajstić information content (AvgIpc) is 2.42. The Morgan fingerprint density at radius 2 is 2.00 bits per heavy atom. The van der Waals surface area contributed by atoms with Gasteiger partial charge in [0.1, 0.15) is 30.4 Å². The first-order chi connectivity index (χ1) is 9.77. The molecule has 0 aromatic rings. The normalized spacial score (nSPS) is 34.2. The van der Waals surface area contributed by atoms with Gasteiger partial charge in [0.2, 0.25) is 5.91 Å². The third-order valence-electron chi connectivity index (χ3n) is 3.01. The van der Waals surface area contributed by atoms with E-state index < -0.39 is 61.8 Å². The zero-order valence-corrected chi connectivity index (χ0v) is 11.4. The molecular weight excluding hydrogens is 288 g/mol. The molecule has 0 radical (unpaired) electrons. The first-order valence-electron chi connectivity index (χ1n) is 6.27. The standard InChI is InChI=1S/C11H20N2O8/c1-4(15)13-7-9(17)8(16)6(2-14)21-11(7)20-3-5(12)10(18)19/h5-9,11,14,16-17H,2-3,12H2,1H3,(H,13,15)(H,18,19)/t5?,6?,7?,8-,9?,11-/m1/s1. The van der Waals surface area contributed by atoms with E-state index in [2.05, 4.69) is 5.32 Å². The van der Waals surface area contributed by atoms with Crippen molar-refractivity contribution in [3.8, 4) is 0 Å². The van der Waals surface area contributed by atoms with E-state index in [1.165, 1.54) is 6.92 Å². The van der Waals surface area contributed by atoms with Crippen molar-refractivity contribution in [2.45, 2.75) is 43.6 Å². The largest absolute Gasteiger partial charge is 0.480 e. The van der Waals surface area contributed by atoms with Gasteiger partial charge in [0.05, 0.1) is 13.2 Å². The Hall–Kier alpha value is -1.30. The molecule has 0 saturated carbocycles. The van der Waals surface area contributed by atoms with Gasteiger partial charge >= 0.3 is 5.97 Å². The van der Waals surface area contributed by atoms with Crippen LogP contribution in [0, 0.1) is 0 Å². The van der Waals surface area contributed by atoms with Crippen LogP contribution in [0.25, 0.3) is 0 Å². The minimum absolute atomic E-state index is 0.433. The number of hydrogen-bond donors (Lipinski definition) is 6. The summed E-state index contributed by atoms with van der Waals surface area (Å²) in [5.41, 5.74) is 5.28. The van der Waals surface area contributed by atoms with Crippen molar-refractivity contribution < 1.29 is 39.5 Å². The molecule has 1 heterocycles. The van der Waals surface area contributed by atoms with Crippen LogP contribution in [0.5, 0.6) is 0 Å². The van der Waals surface area contributed by atoms with Gasteiger partial charge in [0, 0.05) is 6.92 Å². The van der Waals surface area contributed by atoms with Gasteiger partial charge in [-0.15, -0.1) is 0 Å². The highest BCUT2D eigenvalue weighted by molar-refractivity contribution is 5.73. The summed E-state index contributed by atoms with van der Waals surface area (Å²) in [6.45, 7) is 0.171. The number of rotatable bonds is 6. The summed E-state index contributed by atoms with van der Waals surface area (Å²) < 4.78 is 10.4. The number of amides is 1. The Labute approximate surface area is 120 Å². The number of nitrogens with one attached hydrogen (secondary N) is 1. The van der Waals surface area contributed by atoms with E-state index in [9.17, 15) is 19.8 Å². The number of carbonyl (C=O) groups excluding carboxylic acids is 1. The molecule has 4 unspecified atom stereocenters. The van der Waals surface area contributed by atoms with Gasteiger partial charge in [-0.05, 0) is 0 Å². The summed E-state index contributed by atoms with van der Waals surface area (Å²) in [7, 11) is 0. The number of carboxylic acids is 1. The van der Waals surface area contributed by atoms with E-state index in [0.29, 0.717) is 0 Å². The van der Waals surface area contributed by atoms with Crippen LogP contribution in [0.15, 0.2) is 0 Å². The number of nitrogens with two attached hydrogens (primary N) is 1. The summed E-state index contributed by atoms with van der Waals surface area (Å²) in [6, 6.07) is -2.44. The second-order valence-electron chi connectivity index (χ2n) is 4.71. The third kappa shape index (κ3) is 4.59. The smallest absolute Gasteiger partial charge is 0.322 e. The number of ether oxygens (including phenoxy) is 2. The maximum Gasteiger partial charge on any atom is 0.322 e. The van der Waals surface area contributed by atoms with Crippen LogP contribution in [-0.2, 0) is 19.1 Å². The molecule has 10 nitrogen and oxygen atoms in total. The van der Waals surface area contributed by atoms with Crippen molar-refractivity contribution >= 4 is 11.9 Å². The summed E-state index contributed by atoms with van der Waals surface area (Å²) in [6.07, 6.45) is -5.27. The van der Waals surface area contributed by atoms with E-state index in [1.807, 2.05) is 0 Å². The molecule has 122 valence electrons. The van der Waals surface area contributed by atoms with Crippen molar-refractivity contribution in [1.82, 2.24) is 5.32 Å². The van der Waals surface area contributed by atoms with Crippen LogP contribution in [0.4, 0.5) is 0 Å². The second kappa shape index (κ2) is 7.64. The van der Waals surface area contributed by atoms with Gasteiger partial charge in [-0.25, -0.2) is 0 Å². The van der Waals surface area contributed by atoms with Crippen molar-refractivity contribution in [3.05, 3.63) is 0 Å². The monoisotopic (exact) mass is 308 g/mol. The maximum absolute atomic E-state index is 11.1. The molecule has 1 aliphatic heterocycles. The number of aliphatic hydroxyl groups is 3. The highest BCUT2D eigenvalue weighted by Crippen LogP contribution is 2.22. The average molecular weight is 308 g/mol. The van der Waals surface area contributed by atoms with E-state index in [4.69, 9.17) is 25.4 Å². The summed E-state index contributed by atoms with van der Waals surface area (Å²) in [5, 5.41) is 39.8. The molecule has 0 aliphatic carbocycles. The molecule has 0 bridgehead atoms. The molecule has 1 rings (SSSR count). The number of carboxylic acid groups (broad SMARTS) is 1. The molecular formula is C11H20N2O8. The summed E-state index contributed by atoms with van der Waals surface area (Å²) in [5.74, 6) is -1.80. The predicted molar refractivity (Wildman–Crippen MR) is 66.9 cm³/mol. The van der Waals surface area contributed by atoms with Crippen molar-refractivity contribution in [2.75, 3.05) is 13.2 Å². The van der Waals surface area contributed by atoms with Crippen LogP contribution in [0.2, 0.25) is 0 Å². The van der Waals surface area contributed by atoms with E-state index in [-0.39, 0.29) is 0 Å². The van der Waals surface area contributed by atoms with Crippen molar-refractivity contribution in [2.24, 2.45) is 5.73 Å². The third-order valence-corrected chi connectivity index (χ3v) is 3.01. The predicted octanol–water partition coefficient (Wildman–Crippen LogP) is -3.64. The quantitative estimate of drug-likeness (QED) is 0.289. The Morgan fingerprint density at radius 3 is 2.48 bits per heavy atom. The molecule has 1 amide bonds.